The van der Waals surface area contributed by atoms with Crippen LogP contribution in [0.25, 0.3) is 0 Å². The van der Waals surface area contributed by atoms with Crippen molar-refractivity contribution in [1.29, 1.82) is 0 Å². The smallest absolute Gasteiger partial charge is 0.240 e. The van der Waals surface area contributed by atoms with E-state index in [2.05, 4.69) is 4.72 Å². The van der Waals surface area contributed by atoms with Crippen LogP contribution in [0.1, 0.15) is 19.3 Å². The number of hydrogen-bond donors (Lipinski definition) is 2. The predicted octanol–water partition coefficient (Wildman–Crippen LogP) is 1.49. The Bertz CT molecular complexity index is 547. The first-order chi connectivity index (χ1) is 8.94. The molecule has 0 spiro atoms. The van der Waals surface area contributed by atoms with Crippen LogP contribution in [-0.2, 0) is 10.0 Å². The van der Waals surface area contributed by atoms with E-state index in [1.54, 1.807) is 0 Å². The first-order valence-corrected chi connectivity index (χ1v) is 7.55. The van der Waals surface area contributed by atoms with Crippen molar-refractivity contribution in [3.05, 3.63) is 17.9 Å². The average Bonchev–Trinajstić information content (AvgIpc) is 2.26. The summed E-state index contributed by atoms with van der Waals surface area (Å²) in [6.07, 6.45) is 3.19. The van der Waals surface area contributed by atoms with Crippen LogP contribution in [0.3, 0.4) is 0 Å². The zero-order valence-electron chi connectivity index (χ0n) is 10.6. The van der Waals surface area contributed by atoms with Crippen molar-refractivity contribution < 1.29 is 17.5 Å². The molecular formula is C12H17FN2O3S. The van der Waals surface area contributed by atoms with Gasteiger partial charge in [-0.2, -0.15) is 0 Å². The number of sulfonamides is 1. The van der Waals surface area contributed by atoms with Gasteiger partial charge in [-0.25, -0.2) is 17.5 Å². The molecule has 2 rings (SSSR count). The van der Waals surface area contributed by atoms with E-state index in [1.807, 2.05) is 0 Å². The highest BCUT2D eigenvalue weighted by Gasteiger charge is 2.23. The molecule has 0 atom stereocenters. The molecule has 0 saturated heterocycles. The fourth-order valence-electron chi connectivity index (χ4n) is 1.97. The number of hydrogen-bond acceptors (Lipinski definition) is 4. The summed E-state index contributed by atoms with van der Waals surface area (Å²) in [7, 11) is -2.45. The van der Waals surface area contributed by atoms with Crippen LogP contribution < -0.4 is 15.2 Å². The molecule has 0 amide bonds. The third kappa shape index (κ3) is 2.98. The summed E-state index contributed by atoms with van der Waals surface area (Å²) in [5, 5.41) is 0. The molecule has 0 aliphatic heterocycles. The third-order valence-electron chi connectivity index (χ3n) is 3.35. The number of ether oxygens (including phenoxy) is 1. The number of anilines is 1. The molecule has 5 nitrogen and oxygen atoms in total. The summed E-state index contributed by atoms with van der Waals surface area (Å²) in [4.78, 5) is -0.178. The first kappa shape index (κ1) is 14.1. The molecule has 3 N–H and O–H groups in total. The van der Waals surface area contributed by atoms with E-state index in [1.165, 1.54) is 13.2 Å². The molecule has 1 fully saturated rings. The highest BCUT2D eigenvalue weighted by atomic mass is 32.2. The molecule has 0 unspecified atom stereocenters. The Hall–Kier alpha value is -1.34. The summed E-state index contributed by atoms with van der Waals surface area (Å²) in [6, 6.07) is 2.11. The number of nitrogens with two attached hydrogens (primary N) is 1. The van der Waals surface area contributed by atoms with Crippen molar-refractivity contribution in [3.63, 3.8) is 0 Å². The second kappa shape index (κ2) is 5.34. The molecule has 19 heavy (non-hydrogen) atoms. The van der Waals surface area contributed by atoms with E-state index >= 15 is 0 Å². The lowest BCUT2D eigenvalue weighted by Gasteiger charge is -2.25. The summed E-state index contributed by atoms with van der Waals surface area (Å²) in [5.74, 6) is -0.542. The average molecular weight is 288 g/mol. The van der Waals surface area contributed by atoms with E-state index in [0.29, 0.717) is 12.5 Å². The predicted molar refractivity (Wildman–Crippen MR) is 69.9 cm³/mol. The minimum Gasteiger partial charge on any atom is -0.492 e. The Morgan fingerprint density at radius 3 is 2.63 bits per heavy atom. The van der Waals surface area contributed by atoms with Gasteiger partial charge in [-0.05, 0) is 30.9 Å². The van der Waals surface area contributed by atoms with Crippen LogP contribution in [-0.4, -0.2) is 22.1 Å². The standard InChI is InChI=1S/C12H17FN2O3S/c1-18-12-10(13)5-9(6-11(12)14)19(16,17)15-7-8-3-2-4-8/h5-6,8,15H,2-4,7,14H2,1H3. The lowest BCUT2D eigenvalue weighted by atomic mass is 9.86. The number of benzene rings is 1. The summed E-state index contributed by atoms with van der Waals surface area (Å²) in [6.45, 7) is 0.385. The van der Waals surface area contributed by atoms with Crippen molar-refractivity contribution >= 4 is 15.7 Å². The molecule has 1 saturated carbocycles. The zero-order valence-corrected chi connectivity index (χ0v) is 11.5. The highest BCUT2D eigenvalue weighted by Crippen LogP contribution is 2.29. The Morgan fingerprint density at radius 2 is 2.16 bits per heavy atom. The monoisotopic (exact) mass is 288 g/mol. The normalized spacial score (nSPS) is 16.1. The van der Waals surface area contributed by atoms with E-state index in [0.717, 1.165) is 25.3 Å². The molecule has 1 aliphatic carbocycles. The van der Waals surface area contributed by atoms with Gasteiger partial charge in [0.25, 0.3) is 0 Å². The lowest BCUT2D eigenvalue weighted by Crippen LogP contribution is -2.32. The summed E-state index contributed by atoms with van der Waals surface area (Å²) >= 11 is 0. The van der Waals surface area contributed by atoms with Crippen LogP contribution >= 0.6 is 0 Å². The highest BCUT2D eigenvalue weighted by molar-refractivity contribution is 7.89. The van der Waals surface area contributed by atoms with Crippen LogP contribution in [0.5, 0.6) is 5.75 Å². The number of methoxy groups -OCH3 is 1. The molecule has 0 heterocycles. The molecule has 0 bridgehead atoms. The van der Waals surface area contributed by atoms with E-state index in [9.17, 15) is 12.8 Å². The fraction of sp³-hybridized carbons (Fsp3) is 0.500. The molecular weight excluding hydrogens is 271 g/mol. The van der Waals surface area contributed by atoms with Gasteiger partial charge in [0, 0.05) is 6.54 Å². The number of nitrogen functional groups attached to an aromatic ring is 1. The topological polar surface area (TPSA) is 81.4 Å². The second-order valence-electron chi connectivity index (χ2n) is 4.68. The maximum atomic E-state index is 13.6. The van der Waals surface area contributed by atoms with Crippen molar-refractivity contribution in [2.45, 2.75) is 24.2 Å². The Balaban J connectivity index is 2.19. The van der Waals surface area contributed by atoms with Crippen LogP contribution in [0.4, 0.5) is 10.1 Å². The summed E-state index contributed by atoms with van der Waals surface area (Å²) < 4.78 is 44.9. The molecule has 106 valence electrons. The number of rotatable bonds is 5. The van der Waals surface area contributed by atoms with Crippen LogP contribution in [0.15, 0.2) is 17.0 Å². The third-order valence-corrected chi connectivity index (χ3v) is 4.75. The Labute approximate surface area is 112 Å². The van der Waals surface area contributed by atoms with Gasteiger partial charge < -0.3 is 10.5 Å². The molecule has 7 heteroatoms. The Kier molecular flexibility index (Phi) is 3.96. The minimum atomic E-state index is -3.73. The number of nitrogens with one attached hydrogen (secondary N) is 1. The lowest BCUT2D eigenvalue weighted by molar-refractivity contribution is 0.316. The van der Waals surface area contributed by atoms with E-state index in [4.69, 9.17) is 10.5 Å². The van der Waals surface area contributed by atoms with Crippen molar-refractivity contribution in [2.24, 2.45) is 5.92 Å². The van der Waals surface area contributed by atoms with Crippen molar-refractivity contribution in [1.82, 2.24) is 4.72 Å². The van der Waals surface area contributed by atoms with Gasteiger partial charge in [-0.3, -0.25) is 0 Å². The van der Waals surface area contributed by atoms with Gasteiger partial charge >= 0.3 is 0 Å². The molecule has 1 aliphatic rings. The largest absolute Gasteiger partial charge is 0.492 e. The quantitative estimate of drug-likeness (QED) is 0.804. The second-order valence-corrected chi connectivity index (χ2v) is 6.44. The summed E-state index contributed by atoms with van der Waals surface area (Å²) in [5.41, 5.74) is 5.53. The van der Waals surface area contributed by atoms with Gasteiger partial charge in [-0.15, -0.1) is 0 Å². The van der Waals surface area contributed by atoms with Gasteiger partial charge in [0.2, 0.25) is 10.0 Å². The first-order valence-electron chi connectivity index (χ1n) is 6.06. The van der Waals surface area contributed by atoms with Gasteiger partial charge in [-0.1, -0.05) is 6.42 Å². The molecule has 0 aromatic heterocycles. The van der Waals surface area contributed by atoms with Crippen LogP contribution in [0, 0.1) is 11.7 Å². The van der Waals surface area contributed by atoms with Crippen LogP contribution in [0.2, 0.25) is 0 Å². The minimum absolute atomic E-state index is 0.0356. The van der Waals surface area contributed by atoms with E-state index in [-0.39, 0.29) is 16.3 Å². The van der Waals surface area contributed by atoms with Crippen molar-refractivity contribution in [2.75, 3.05) is 19.4 Å². The van der Waals surface area contributed by atoms with Gasteiger partial charge in [0.05, 0.1) is 17.7 Å². The maximum Gasteiger partial charge on any atom is 0.240 e. The van der Waals surface area contributed by atoms with Crippen molar-refractivity contribution in [3.8, 4) is 5.75 Å². The molecule has 1 aromatic carbocycles. The SMILES string of the molecule is COc1c(N)cc(S(=O)(=O)NCC2CCC2)cc1F. The maximum absolute atomic E-state index is 13.6. The fourth-order valence-corrected chi connectivity index (χ4v) is 3.13. The molecule has 1 aromatic rings. The van der Waals surface area contributed by atoms with Gasteiger partial charge in [0.1, 0.15) is 0 Å². The van der Waals surface area contributed by atoms with E-state index < -0.39 is 15.8 Å². The zero-order chi connectivity index (χ0) is 14.0. The number of halogens is 1. The Morgan fingerprint density at radius 1 is 1.47 bits per heavy atom. The van der Waals surface area contributed by atoms with Gasteiger partial charge in [0.15, 0.2) is 11.6 Å². The molecule has 0 radical (unpaired) electrons.